The maximum atomic E-state index is 14.2. The number of carbonyl (C=O) groups excluding carboxylic acids is 2. The van der Waals surface area contributed by atoms with Gasteiger partial charge < -0.3 is 56.7 Å². The number of rotatable bonds is 40. The van der Waals surface area contributed by atoms with Gasteiger partial charge in [-0.1, -0.05) is 27.7 Å². The maximum Gasteiger partial charge on any atom is 0.222 e. The minimum absolute atomic E-state index is 0.209. The van der Waals surface area contributed by atoms with Crippen molar-refractivity contribution in [1.82, 2.24) is 56.7 Å². The number of unbranched alkanes of at least 4 members (excludes halogenated alkanes) is 4. The first-order chi connectivity index (χ1) is 39.9. The fourth-order valence-electron chi connectivity index (χ4n) is 12.9. The molecule has 0 aromatic carbocycles. The summed E-state index contributed by atoms with van der Waals surface area (Å²) >= 11 is 0. The first-order valence-electron chi connectivity index (χ1n) is 33.0. The molecular formula is C68H112N12O2. The number of fused-ring (bicyclic) bond motifs is 7. The van der Waals surface area contributed by atoms with Gasteiger partial charge >= 0.3 is 0 Å². The number of aromatic nitrogens is 3. The third-order valence-corrected chi connectivity index (χ3v) is 18.7. The highest BCUT2D eigenvalue weighted by atomic mass is 16.2. The number of aromatic amines is 3. The molecule has 5 atom stereocenters. The lowest BCUT2D eigenvalue weighted by atomic mass is 9.96. The van der Waals surface area contributed by atoms with Gasteiger partial charge in [-0.3, -0.25) is 14.6 Å². The Morgan fingerprint density at radius 3 is 1.45 bits per heavy atom. The van der Waals surface area contributed by atoms with Crippen LogP contribution in [0.1, 0.15) is 177 Å². The topological polar surface area (TPSA) is 173 Å². The van der Waals surface area contributed by atoms with E-state index in [1.807, 2.05) is 0 Å². The number of aliphatic imine (C=N–C) groups is 1. The molecule has 0 radical (unpaired) electrons. The van der Waals surface area contributed by atoms with Gasteiger partial charge in [0, 0.05) is 71.8 Å². The van der Waals surface area contributed by atoms with E-state index in [2.05, 4.69) is 150 Å². The van der Waals surface area contributed by atoms with Crippen LogP contribution in [-0.4, -0.2) is 153 Å². The molecule has 4 aliphatic rings. The van der Waals surface area contributed by atoms with Crippen LogP contribution in [0.5, 0.6) is 0 Å². The van der Waals surface area contributed by atoms with Crippen LogP contribution in [0.25, 0.3) is 24.3 Å². The van der Waals surface area contributed by atoms with Crippen LogP contribution in [-0.2, 0) is 28.9 Å². The predicted molar refractivity (Wildman–Crippen MR) is 345 cm³/mol. The van der Waals surface area contributed by atoms with Gasteiger partial charge in [0.25, 0.3) is 0 Å². The largest absolute Gasteiger partial charge is 0.355 e. The molecule has 82 heavy (non-hydrogen) atoms. The Bertz CT molecular complexity index is 2810. The molecule has 8 bridgehead atoms. The number of amides is 2. The molecule has 2 aliphatic heterocycles. The van der Waals surface area contributed by atoms with Crippen LogP contribution < -0.4 is 53.3 Å². The van der Waals surface area contributed by atoms with Crippen molar-refractivity contribution < 1.29 is 9.59 Å². The normalized spacial score (nSPS) is 19.8. The molecule has 3 aromatic rings. The van der Waals surface area contributed by atoms with E-state index >= 15 is 0 Å². The van der Waals surface area contributed by atoms with E-state index < -0.39 is 0 Å². The first-order valence-corrected chi connectivity index (χ1v) is 33.0. The van der Waals surface area contributed by atoms with Gasteiger partial charge in [-0.2, -0.15) is 0 Å². The quantitative estimate of drug-likeness (QED) is 0.0292. The fourth-order valence-corrected chi connectivity index (χ4v) is 12.9. The average molecular weight is 1130 g/mol. The van der Waals surface area contributed by atoms with Gasteiger partial charge in [0.2, 0.25) is 11.8 Å². The molecule has 9 N–H and O–H groups in total. The second kappa shape index (κ2) is 33.8. The van der Waals surface area contributed by atoms with Crippen LogP contribution in [0.4, 0.5) is 0 Å². The summed E-state index contributed by atoms with van der Waals surface area (Å²) < 4.78 is 0. The van der Waals surface area contributed by atoms with Gasteiger partial charge in [-0.05, 0) is 302 Å². The Morgan fingerprint density at radius 2 is 0.951 bits per heavy atom. The van der Waals surface area contributed by atoms with Crippen LogP contribution >= 0.6 is 0 Å². The summed E-state index contributed by atoms with van der Waals surface area (Å²) in [5.74, 6) is 3.63. The minimum atomic E-state index is -0.257. The van der Waals surface area contributed by atoms with E-state index in [4.69, 9.17) is 4.99 Å². The number of H-pyrrole nitrogens is 3. The van der Waals surface area contributed by atoms with Crippen molar-refractivity contribution in [2.45, 2.75) is 178 Å². The molecule has 0 spiro atoms. The lowest BCUT2D eigenvalue weighted by Crippen LogP contribution is -2.33. The molecule has 14 nitrogen and oxygen atoms in total. The molecule has 2 aliphatic carbocycles. The number of nitrogens with zero attached hydrogens (tertiary/aromatic N) is 3. The Hall–Kier alpha value is -4.57. The summed E-state index contributed by atoms with van der Waals surface area (Å²) in [6.07, 6.45) is 24.8. The maximum absolute atomic E-state index is 14.2. The standard InChI is InChI=1S/C68H112N12O2/c1-11-55-47(7)59-39-60-49(9)57(25-27-67(81)79(15-5)35-23-21-33-73-45-53-37-51(53)43-71-31-19-17-29-69-13-3)65(77-60)42-66-58(50(10)62(78-66)41-64-56(12-2)48(8)61(76-64)40-63(55)75-59)26-28-68(82)80(16-6)36-24-22-34-74-46-54-38-52(54)44-72-32-20-18-30-70-14-4/h39-42,51-54,65,69-76,78H,11-38,43-46H2,1-10H3/b59-39?,62-41-,63-40?,66-42-. The lowest BCUT2D eigenvalue weighted by Gasteiger charge is -2.22. The third kappa shape index (κ3) is 18.7. The van der Waals surface area contributed by atoms with E-state index in [0.29, 0.717) is 38.8 Å². The zero-order chi connectivity index (χ0) is 58.4. The van der Waals surface area contributed by atoms with Gasteiger partial charge in [0.15, 0.2) is 0 Å². The monoisotopic (exact) mass is 1130 g/mol. The number of carbonyl (C=O) groups is 2. The van der Waals surface area contributed by atoms with Crippen LogP contribution in [0, 0.1) is 44.4 Å². The minimum Gasteiger partial charge on any atom is -0.355 e. The Kier molecular flexibility index (Phi) is 26.8. The van der Waals surface area contributed by atoms with Gasteiger partial charge in [-0.25, -0.2) is 0 Å². The summed E-state index contributed by atoms with van der Waals surface area (Å²) in [4.78, 5) is 49.5. The van der Waals surface area contributed by atoms with Crippen molar-refractivity contribution in [2.75, 3.05) is 105 Å². The molecular weight excluding hydrogens is 1020 g/mol. The molecule has 2 amide bonds. The molecule has 0 saturated heterocycles. The summed E-state index contributed by atoms with van der Waals surface area (Å²) in [7, 11) is 0. The highest BCUT2D eigenvalue weighted by molar-refractivity contribution is 6.22. The van der Waals surface area contributed by atoms with Gasteiger partial charge in [-0.15, -0.1) is 0 Å². The van der Waals surface area contributed by atoms with Crippen molar-refractivity contribution >= 4 is 41.8 Å². The highest BCUT2D eigenvalue weighted by Crippen LogP contribution is 2.38. The number of hydrogen-bond acceptors (Lipinski definition) is 9. The second-order valence-electron chi connectivity index (χ2n) is 24.4. The molecule has 456 valence electrons. The van der Waals surface area contributed by atoms with E-state index in [1.165, 1.54) is 66.4 Å². The average Bonchev–Trinajstić information content (AvgIpc) is 4.39. The lowest BCUT2D eigenvalue weighted by molar-refractivity contribution is -0.131. The van der Waals surface area contributed by atoms with Crippen LogP contribution in [0.3, 0.4) is 0 Å². The van der Waals surface area contributed by atoms with E-state index in [1.54, 1.807) is 0 Å². The molecule has 14 heteroatoms. The summed E-state index contributed by atoms with van der Waals surface area (Å²) in [5.41, 5.74) is 13.0. The van der Waals surface area contributed by atoms with E-state index in [9.17, 15) is 9.59 Å². The molecule has 2 fully saturated rings. The van der Waals surface area contributed by atoms with Crippen molar-refractivity contribution in [3.05, 3.63) is 77.3 Å². The van der Waals surface area contributed by atoms with Crippen LogP contribution in [0.2, 0.25) is 0 Å². The number of nitrogens with one attached hydrogen (secondary N) is 9. The Labute approximate surface area is 494 Å². The summed E-state index contributed by atoms with van der Waals surface area (Å²) in [5, 5.41) is 25.9. The SMILES string of the molecule is CCNCCCCNCC1CC1CNCCCCN(CC)C(=O)CCC1=C(C)C2=NC1/C=c1\[nH]/c(c(C)c1CCC(=O)N(CC)CCCCNCC1CC1CNCCCCNCC)=C\c1[nH]c(c(C)c1CC)C=c1[nH]c(c(C)c1CC)=C2. The molecule has 5 heterocycles. The van der Waals surface area contributed by atoms with Crippen molar-refractivity contribution in [3.63, 3.8) is 0 Å². The predicted octanol–water partition coefficient (Wildman–Crippen LogP) is 6.47. The number of hydrogen-bond donors (Lipinski definition) is 9. The smallest absolute Gasteiger partial charge is 0.222 e. The Balaban J connectivity index is 1.00. The zero-order valence-electron chi connectivity index (χ0n) is 53.0. The van der Waals surface area contributed by atoms with Crippen molar-refractivity contribution in [1.29, 1.82) is 0 Å². The second-order valence-corrected chi connectivity index (χ2v) is 24.4. The van der Waals surface area contributed by atoms with Crippen molar-refractivity contribution in [2.24, 2.45) is 28.7 Å². The zero-order valence-corrected chi connectivity index (χ0v) is 53.0. The van der Waals surface area contributed by atoms with Crippen LogP contribution in [0.15, 0.2) is 16.1 Å². The van der Waals surface area contributed by atoms with E-state index in [0.717, 1.165) is 209 Å². The van der Waals surface area contributed by atoms with Crippen molar-refractivity contribution in [3.8, 4) is 0 Å². The molecule has 7 rings (SSSR count). The number of allylic oxidation sites excluding steroid dienone is 1. The highest BCUT2D eigenvalue weighted by Gasteiger charge is 2.36. The molecule has 5 unspecified atom stereocenters. The van der Waals surface area contributed by atoms with Gasteiger partial charge in [0.05, 0.1) is 11.8 Å². The summed E-state index contributed by atoms with van der Waals surface area (Å²) in [6.45, 7) is 38.0. The van der Waals surface area contributed by atoms with E-state index in [-0.39, 0.29) is 17.9 Å². The Morgan fingerprint density at radius 1 is 0.500 bits per heavy atom. The molecule has 2 saturated carbocycles. The third-order valence-electron chi connectivity index (χ3n) is 18.7. The molecule has 3 aromatic heterocycles. The first kappa shape index (κ1) is 65.0. The fraction of sp³-hybridized carbons (Fsp3) is 0.691. The summed E-state index contributed by atoms with van der Waals surface area (Å²) in [6, 6.07) is -0.257. The van der Waals surface area contributed by atoms with Gasteiger partial charge in [0.1, 0.15) is 0 Å².